The van der Waals surface area contributed by atoms with E-state index in [9.17, 15) is 4.79 Å². The van der Waals surface area contributed by atoms with Crippen molar-refractivity contribution >= 4 is 23.1 Å². The van der Waals surface area contributed by atoms with Crippen molar-refractivity contribution in [2.45, 2.75) is 19.4 Å². The first-order chi connectivity index (χ1) is 9.58. The second kappa shape index (κ2) is 6.24. The van der Waals surface area contributed by atoms with E-state index in [-0.39, 0.29) is 12.0 Å². The van der Waals surface area contributed by atoms with E-state index in [1.165, 1.54) is 7.11 Å². The van der Waals surface area contributed by atoms with Crippen molar-refractivity contribution in [2.75, 3.05) is 21.2 Å². The Morgan fingerprint density at radius 3 is 2.75 bits per heavy atom. The Morgan fingerprint density at radius 2 is 2.25 bits per heavy atom. The van der Waals surface area contributed by atoms with Crippen molar-refractivity contribution in [3.8, 4) is 0 Å². The fraction of sp³-hybridized carbons (Fsp3) is 0.400. The Morgan fingerprint density at radius 1 is 1.50 bits per heavy atom. The highest BCUT2D eigenvalue weighted by atomic mass is 32.1. The molecule has 1 aliphatic rings. The number of carbonyl (C=O) groups excluding carboxylic acids is 1. The molecule has 0 spiro atoms. The number of methoxy groups -OCH3 is 1. The quantitative estimate of drug-likeness (QED) is 0.800. The fourth-order valence-electron chi connectivity index (χ4n) is 2.19. The number of ether oxygens (including phenoxy) is 2. The van der Waals surface area contributed by atoms with Crippen molar-refractivity contribution in [2.24, 2.45) is 0 Å². The maximum Gasteiger partial charge on any atom is 0.339 e. The molecule has 1 aromatic rings. The van der Waals surface area contributed by atoms with Crippen LogP contribution >= 0.6 is 11.3 Å². The summed E-state index contributed by atoms with van der Waals surface area (Å²) in [5.41, 5.74) is 1.62. The lowest BCUT2D eigenvalue weighted by molar-refractivity contribution is -0.137. The molecule has 2 rings (SSSR count). The van der Waals surface area contributed by atoms with E-state index in [2.05, 4.69) is 0 Å². The maximum absolute atomic E-state index is 12.0. The lowest BCUT2D eigenvalue weighted by atomic mass is 9.99. The Hall–Kier alpha value is -1.59. The molecule has 1 unspecified atom stereocenters. The monoisotopic (exact) mass is 293 g/mol. The topological polar surface area (TPSA) is 38.8 Å². The van der Waals surface area contributed by atoms with E-state index in [4.69, 9.17) is 9.47 Å². The largest absolute Gasteiger partial charge is 0.466 e. The van der Waals surface area contributed by atoms with Crippen LogP contribution in [-0.4, -0.2) is 38.1 Å². The van der Waals surface area contributed by atoms with E-state index < -0.39 is 0 Å². The van der Waals surface area contributed by atoms with E-state index >= 15 is 0 Å². The highest BCUT2D eigenvalue weighted by molar-refractivity contribution is 7.08. The normalized spacial score (nSPS) is 18.9. The van der Waals surface area contributed by atoms with Crippen molar-refractivity contribution in [3.05, 3.63) is 39.8 Å². The molecule has 1 atom stereocenters. The van der Waals surface area contributed by atoms with Crippen LogP contribution in [0.4, 0.5) is 0 Å². The molecular weight excluding hydrogens is 274 g/mol. The van der Waals surface area contributed by atoms with Crippen LogP contribution in [0.5, 0.6) is 0 Å². The molecule has 2 heterocycles. The molecule has 4 nitrogen and oxygen atoms in total. The standard InChI is InChI=1S/C15H19NO3S/c1-5-12-14(15(17)18-4)11(16(2)3)8-13(19-12)10-6-7-20-9-10/h6-9,11H,5H2,1-4H3. The summed E-state index contributed by atoms with van der Waals surface area (Å²) in [6.45, 7) is 1.97. The molecule has 5 heteroatoms. The zero-order valence-corrected chi connectivity index (χ0v) is 13.0. The molecule has 1 aromatic heterocycles. The predicted octanol–water partition coefficient (Wildman–Crippen LogP) is 2.89. The fourth-order valence-corrected chi connectivity index (χ4v) is 2.83. The summed E-state index contributed by atoms with van der Waals surface area (Å²) in [7, 11) is 5.27. The highest BCUT2D eigenvalue weighted by Crippen LogP contribution is 2.33. The molecule has 1 aliphatic heterocycles. The summed E-state index contributed by atoms with van der Waals surface area (Å²) in [5.74, 6) is 1.15. The zero-order chi connectivity index (χ0) is 14.7. The van der Waals surface area contributed by atoms with Gasteiger partial charge in [0.25, 0.3) is 0 Å². The Kier molecular flexibility index (Phi) is 4.62. The summed E-state index contributed by atoms with van der Waals surface area (Å²) < 4.78 is 10.8. The minimum atomic E-state index is -0.332. The molecule has 0 saturated carbocycles. The first-order valence-corrected chi connectivity index (χ1v) is 7.42. The lowest BCUT2D eigenvalue weighted by Gasteiger charge is -2.30. The first kappa shape index (κ1) is 14.8. The van der Waals surface area contributed by atoms with Gasteiger partial charge in [-0.05, 0) is 31.6 Å². The number of thiophene rings is 1. The second-order valence-electron chi connectivity index (χ2n) is 4.74. The number of carbonyl (C=O) groups is 1. The van der Waals surface area contributed by atoms with Gasteiger partial charge in [-0.2, -0.15) is 11.3 Å². The molecule has 20 heavy (non-hydrogen) atoms. The summed E-state index contributed by atoms with van der Waals surface area (Å²) in [5, 5.41) is 4.05. The number of allylic oxidation sites excluding steroid dienone is 1. The van der Waals surface area contributed by atoms with Gasteiger partial charge in [-0.3, -0.25) is 4.90 Å². The van der Waals surface area contributed by atoms with Crippen molar-refractivity contribution < 1.29 is 14.3 Å². The van der Waals surface area contributed by atoms with Crippen LogP contribution in [0.3, 0.4) is 0 Å². The van der Waals surface area contributed by atoms with Gasteiger partial charge in [-0.15, -0.1) is 0 Å². The van der Waals surface area contributed by atoms with Gasteiger partial charge >= 0.3 is 5.97 Å². The molecule has 0 amide bonds. The van der Waals surface area contributed by atoms with Crippen LogP contribution < -0.4 is 0 Å². The Balaban J connectivity index is 2.44. The molecule has 0 aliphatic carbocycles. The number of nitrogens with zero attached hydrogens (tertiary/aromatic N) is 1. The maximum atomic E-state index is 12.0. The average Bonchev–Trinajstić information content (AvgIpc) is 2.99. The molecule has 0 aromatic carbocycles. The van der Waals surface area contributed by atoms with Gasteiger partial charge in [0.15, 0.2) is 0 Å². The number of hydrogen-bond donors (Lipinski definition) is 0. The number of likely N-dealkylation sites (N-methyl/N-ethyl adjacent to an activating group) is 1. The Bertz CT molecular complexity index is 543. The molecule has 108 valence electrons. The third kappa shape index (κ3) is 2.78. The number of rotatable bonds is 4. The van der Waals surface area contributed by atoms with Crippen LogP contribution in [0.25, 0.3) is 5.76 Å². The van der Waals surface area contributed by atoms with Crippen LogP contribution in [0.15, 0.2) is 34.2 Å². The highest BCUT2D eigenvalue weighted by Gasteiger charge is 2.31. The molecule has 0 saturated heterocycles. The minimum Gasteiger partial charge on any atom is -0.466 e. The summed E-state index contributed by atoms with van der Waals surface area (Å²) in [6.07, 6.45) is 2.61. The SMILES string of the molecule is CCC1=C(C(=O)OC)C(N(C)C)C=C(c2ccsc2)O1. The van der Waals surface area contributed by atoms with Gasteiger partial charge in [0.1, 0.15) is 11.5 Å². The van der Waals surface area contributed by atoms with Gasteiger partial charge < -0.3 is 9.47 Å². The minimum absolute atomic E-state index is 0.138. The second-order valence-corrected chi connectivity index (χ2v) is 5.52. The van der Waals surface area contributed by atoms with Crippen molar-refractivity contribution in [3.63, 3.8) is 0 Å². The van der Waals surface area contributed by atoms with E-state index in [1.807, 2.05) is 48.8 Å². The molecule has 0 bridgehead atoms. The Labute approximate surface area is 123 Å². The smallest absolute Gasteiger partial charge is 0.339 e. The summed E-state index contributed by atoms with van der Waals surface area (Å²) >= 11 is 1.62. The van der Waals surface area contributed by atoms with Gasteiger partial charge in [-0.25, -0.2) is 4.79 Å². The van der Waals surface area contributed by atoms with Gasteiger partial charge in [0, 0.05) is 17.4 Å². The van der Waals surface area contributed by atoms with Crippen LogP contribution in [0, 0.1) is 0 Å². The average molecular weight is 293 g/mol. The van der Waals surface area contributed by atoms with Gasteiger partial charge in [-0.1, -0.05) is 6.92 Å². The van der Waals surface area contributed by atoms with Crippen molar-refractivity contribution in [1.29, 1.82) is 0 Å². The van der Waals surface area contributed by atoms with Crippen molar-refractivity contribution in [1.82, 2.24) is 4.90 Å². The van der Waals surface area contributed by atoms with E-state index in [0.29, 0.717) is 17.8 Å². The molecular formula is C15H19NO3S. The van der Waals surface area contributed by atoms with E-state index in [1.54, 1.807) is 11.3 Å². The third-order valence-corrected chi connectivity index (χ3v) is 3.91. The molecule has 0 radical (unpaired) electrons. The van der Waals surface area contributed by atoms with E-state index in [0.717, 1.165) is 11.3 Å². The number of esters is 1. The summed E-state index contributed by atoms with van der Waals surface area (Å²) in [6, 6.07) is 1.88. The first-order valence-electron chi connectivity index (χ1n) is 6.48. The predicted molar refractivity (Wildman–Crippen MR) is 80.2 cm³/mol. The third-order valence-electron chi connectivity index (χ3n) is 3.23. The number of hydrogen-bond acceptors (Lipinski definition) is 5. The van der Waals surface area contributed by atoms with Crippen LogP contribution in [-0.2, 0) is 14.3 Å². The van der Waals surface area contributed by atoms with Crippen LogP contribution in [0.2, 0.25) is 0 Å². The zero-order valence-electron chi connectivity index (χ0n) is 12.2. The van der Waals surface area contributed by atoms with Gasteiger partial charge in [0.05, 0.1) is 18.7 Å². The van der Waals surface area contributed by atoms with Gasteiger partial charge in [0.2, 0.25) is 0 Å². The molecule has 0 N–H and O–H groups in total. The lowest BCUT2D eigenvalue weighted by Crippen LogP contribution is -2.35. The van der Waals surface area contributed by atoms with Crippen LogP contribution in [0.1, 0.15) is 18.9 Å². The molecule has 0 fully saturated rings. The summed E-state index contributed by atoms with van der Waals surface area (Å²) in [4.78, 5) is 14.0.